The number of carbonyl (C=O) groups is 1. The van der Waals surface area contributed by atoms with Crippen LogP contribution in [-0.2, 0) is 0 Å². The number of aromatic nitrogens is 1. The first-order valence-corrected chi connectivity index (χ1v) is 6.44. The Hall–Kier alpha value is -0.940. The predicted molar refractivity (Wildman–Crippen MR) is 72.1 cm³/mol. The van der Waals surface area contributed by atoms with Gasteiger partial charge in [-0.05, 0) is 61.5 Å². The zero-order valence-electron chi connectivity index (χ0n) is 10.2. The van der Waals surface area contributed by atoms with E-state index in [2.05, 4.69) is 31.1 Å². The lowest BCUT2D eigenvalue weighted by atomic mass is 10.3. The van der Waals surface area contributed by atoms with Gasteiger partial charge in [0.05, 0.1) is 0 Å². The number of rotatable bonds is 6. The average Bonchev–Trinajstić information content (AvgIpc) is 2.28. The Morgan fingerprint density at radius 1 is 1.41 bits per heavy atom. The van der Waals surface area contributed by atoms with Gasteiger partial charge in [0, 0.05) is 6.54 Å². The number of hydrogen-bond donors (Lipinski definition) is 1. The quantitative estimate of drug-likeness (QED) is 0.645. The Kier molecular flexibility index (Phi) is 6.15. The molecule has 1 aromatic heterocycles. The van der Waals surface area contributed by atoms with Crippen molar-refractivity contribution in [2.75, 3.05) is 27.2 Å². The van der Waals surface area contributed by atoms with Crippen molar-refractivity contribution in [2.45, 2.75) is 12.8 Å². The summed E-state index contributed by atoms with van der Waals surface area (Å²) >= 11 is 3.24. The molecule has 0 spiro atoms. The summed E-state index contributed by atoms with van der Waals surface area (Å²) in [5, 5.41) is 2.86. The van der Waals surface area contributed by atoms with Crippen LogP contribution < -0.4 is 5.32 Å². The molecule has 94 valence electrons. The topological polar surface area (TPSA) is 45.2 Å². The molecule has 1 rings (SSSR count). The molecule has 1 N–H and O–H groups in total. The van der Waals surface area contributed by atoms with Crippen LogP contribution in [0.5, 0.6) is 0 Å². The van der Waals surface area contributed by atoms with Gasteiger partial charge in [-0.1, -0.05) is 6.07 Å². The molecule has 4 nitrogen and oxygen atoms in total. The molecule has 0 aliphatic carbocycles. The van der Waals surface area contributed by atoms with Crippen molar-refractivity contribution in [2.24, 2.45) is 0 Å². The summed E-state index contributed by atoms with van der Waals surface area (Å²) in [4.78, 5) is 17.9. The maximum absolute atomic E-state index is 11.7. The van der Waals surface area contributed by atoms with Crippen LogP contribution in [0.2, 0.25) is 0 Å². The number of hydrogen-bond acceptors (Lipinski definition) is 3. The maximum Gasteiger partial charge on any atom is 0.269 e. The second-order valence-electron chi connectivity index (χ2n) is 4.11. The van der Waals surface area contributed by atoms with Gasteiger partial charge in [0.1, 0.15) is 10.3 Å². The van der Waals surface area contributed by atoms with Gasteiger partial charge < -0.3 is 10.2 Å². The molecule has 0 aliphatic rings. The van der Waals surface area contributed by atoms with E-state index in [1.807, 2.05) is 14.1 Å². The Labute approximate surface area is 111 Å². The fourth-order valence-corrected chi connectivity index (χ4v) is 1.72. The molecule has 0 saturated carbocycles. The third kappa shape index (κ3) is 5.79. The zero-order chi connectivity index (χ0) is 12.7. The third-order valence-electron chi connectivity index (χ3n) is 2.27. The summed E-state index contributed by atoms with van der Waals surface area (Å²) in [5.41, 5.74) is 0.451. The largest absolute Gasteiger partial charge is 0.351 e. The average molecular weight is 300 g/mol. The van der Waals surface area contributed by atoms with Crippen molar-refractivity contribution >= 4 is 21.8 Å². The van der Waals surface area contributed by atoms with Gasteiger partial charge in [-0.25, -0.2) is 4.98 Å². The van der Waals surface area contributed by atoms with Crippen molar-refractivity contribution in [3.8, 4) is 0 Å². The minimum absolute atomic E-state index is 0.115. The van der Waals surface area contributed by atoms with Crippen molar-refractivity contribution in [1.82, 2.24) is 15.2 Å². The first-order valence-electron chi connectivity index (χ1n) is 5.65. The lowest BCUT2D eigenvalue weighted by molar-refractivity contribution is 0.0947. The highest BCUT2D eigenvalue weighted by atomic mass is 79.9. The Balaban J connectivity index is 2.26. The van der Waals surface area contributed by atoms with Crippen LogP contribution in [0.25, 0.3) is 0 Å². The minimum Gasteiger partial charge on any atom is -0.351 e. The molecule has 0 unspecified atom stereocenters. The number of unbranched alkanes of at least 4 members (excludes halogenated alkanes) is 1. The number of pyridine rings is 1. The highest BCUT2D eigenvalue weighted by Crippen LogP contribution is 2.05. The molecule has 5 heteroatoms. The van der Waals surface area contributed by atoms with E-state index in [1.54, 1.807) is 18.2 Å². The molecular weight excluding hydrogens is 282 g/mol. The van der Waals surface area contributed by atoms with Crippen molar-refractivity contribution in [3.63, 3.8) is 0 Å². The summed E-state index contributed by atoms with van der Waals surface area (Å²) in [6.45, 7) is 1.74. The SMILES string of the molecule is CN(C)CCCCNC(=O)c1cccc(Br)n1. The highest BCUT2D eigenvalue weighted by molar-refractivity contribution is 9.10. The van der Waals surface area contributed by atoms with Gasteiger partial charge in [-0.15, -0.1) is 0 Å². The van der Waals surface area contributed by atoms with Crippen molar-refractivity contribution in [1.29, 1.82) is 0 Å². The number of nitrogens with one attached hydrogen (secondary N) is 1. The molecule has 1 aromatic rings. The van der Waals surface area contributed by atoms with E-state index in [9.17, 15) is 4.79 Å². The van der Waals surface area contributed by atoms with Gasteiger partial charge in [0.2, 0.25) is 0 Å². The number of halogens is 1. The first-order chi connectivity index (χ1) is 8.09. The second kappa shape index (κ2) is 7.40. The van der Waals surface area contributed by atoms with E-state index in [4.69, 9.17) is 0 Å². The van der Waals surface area contributed by atoms with Crippen LogP contribution >= 0.6 is 15.9 Å². The normalized spacial score (nSPS) is 10.6. The van der Waals surface area contributed by atoms with E-state index < -0.39 is 0 Å². The Bertz CT molecular complexity index is 369. The standard InChI is InChI=1S/C12H18BrN3O/c1-16(2)9-4-3-8-14-12(17)10-6-5-7-11(13)15-10/h5-7H,3-4,8-9H2,1-2H3,(H,14,17). The number of nitrogens with zero attached hydrogens (tertiary/aromatic N) is 2. The molecule has 0 fully saturated rings. The fraction of sp³-hybridized carbons (Fsp3) is 0.500. The molecular formula is C12H18BrN3O. The highest BCUT2D eigenvalue weighted by Gasteiger charge is 2.05. The zero-order valence-corrected chi connectivity index (χ0v) is 11.8. The molecule has 0 aliphatic heterocycles. The lowest BCUT2D eigenvalue weighted by Crippen LogP contribution is -2.26. The Morgan fingerprint density at radius 2 is 2.18 bits per heavy atom. The molecule has 0 atom stereocenters. The molecule has 0 bridgehead atoms. The van der Waals surface area contributed by atoms with Gasteiger partial charge in [0.25, 0.3) is 5.91 Å². The van der Waals surface area contributed by atoms with E-state index in [0.717, 1.165) is 19.4 Å². The van der Waals surface area contributed by atoms with Crippen LogP contribution in [0.3, 0.4) is 0 Å². The second-order valence-corrected chi connectivity index (χ2v) is 4.92. The lowest BCUT2D eigenvalue weighted by Gasteiger charge is -2.09. The van der Waals surface area contributed by atoms with Crippen molar-refractivity contribution < 1.29 is 4.79 Å². The number of amides is 1. The minimum atomic E-state index is -0.115. The predicted octanol–water partition coefficient (Wildman–Crippen LogP) is 1.92. The van der Waals surface area contributed by atoms with E-state index >= 15 is 0 Å². The van der Waals surface area contributed by atoms with Crippen LogP contribution in [0.1, 0.15) is 23.3 Å². The monoisotopic (exact) mass is 299 g/mol. The van der Waals surface area contributed by atoms with Crippen molar-refractivity contribution in [3.05, 3.63) is 28.5 Å². The Morgan fingerprint density at radius 3 is 2.82 bits per heavy atom. The summed E-state index contributed by atoms with van der Waals surface area (Å²) in [7, 11) is 4.09. The summed E-state index contributed by atoms with van der Waals surface area (Å²) in [6, 6.07) is 5.31. The van der Waals surface area contributed by atoms with Crippen LogP contribution in [-0.4, -0.2) is 43.0 Å². The third-order valence-corrected chi connectivity index (χ3v) is 2.71. The molecule has 0 radical (unpaired) electrons. The molecule has 0 aromatic carbocycles. The van der Waals surface area contributed by atoms with E-state index in [0.29, 0.717) is 16.8 Å². The molecule has 1 heterocycles. The van der Waals surface area contributed by atoms with Gasteiger partial charge in [-0.3, -0.25) is 4.79 Å². The first kappa shape index (κ1) is 14.1. The molecule has 0 saturated heterocycles. The summed E-state index contributed by atoms with van der Waals surface area (Å²) < 4.78 is 0.678. The smallest absolute Gasteiger partial charge is 0.269 e. The van der Waals surface area contributed by atoms with E-state index in [-0.39, 0.29) is 5.91 Å². The number of carbonyl (C=O) groups excluding carboxylic acids is 1. The van der Waals surface area contributed by atoms with E-state index in [1.165, 1.54) is 0 Å². The molecule has 17 heavy (non-hydrogen) atoms. The summed E-state index contributed by atoms with van der Waals surface area (Å²) in [6.07, 6.45) is 2.07. The van der Waals surface area contributed by atoms with Gasteiger partial charge in [0.15, 0.2) is 0 Å². The van der Waals surface area contributed by atoms with Gasteiger partial charge >= 0.3 is 0 Å². The van der Waals surface area contributed by atoms with Crippen LogP contribution in [0, 0.1) is 0 Å². The van der Waals surface area contributed by atoms with Crippen LogP contribution in [0.15, 0.2) is 22.8 Å². The van der Waals surface area contributed by atoms with Crippen LogP contribution in [0.4, 0.5) is 0 Å². The fourth-order valence-electron chi connectivity index (χ4n) is 1.38. The molecule has 1 amide bonds. The van der Waals surface area contributed by atoms with Gasteiger partial charge in [-0.2, -0.15) is 0 Å². The maximum atomic E-state index is 11.7. The summed E-state index contributed by atoms with van der Waals surface area (Å²) in [5.74, 6) is -0.115.